The Balaban J connectivity index is 2.16. The number of aromatic nitrogens is 1. The summed E-state index contributed by atoms with van der Waals surface area (Å²) >= 11 is 0. The molecular formula is C17H21FN3O3+. The van der Waals surface area contributed by atoms with Crippen LogP contribution in [0.4, 0.5) is 10.1 Å². The first-order chi connectivity index (χ1) is 11.4. The zero-order valence-electron chi connectivity index (χ0n) is 13.8. The smallest absolute Gasteiger partial charge is 0.345 e. The molecule has 1 fully saturated rings. The van der Waals surface area contributed by atoms with Gasteiger partial charge in [0.25, 0.3) is 0 Å². The Morgan fingerprint density at radius 2 is 1.96 bits per heavy atom. The third-order valence-electron chi connectivity index (χ3n) is 4.58. The fraction of sp³-hybridized carbons (Fsp3) is 0.412. The largest absolute Gasteiger partial charge is 0.506 e. The van der Waals surface area contributed by atoms with E-state index < -0.39 is 17.5 Å². The molecule has 128 valence electrons. The maximum Gasteiger partial charge on any atom is 0.345 e. The maximum atomic E-state index is 14.6. The van der Waals surface area contributed by atoms with Gasteiger partial charge >= 0.3 is 5.97 Å². The average molecular weight is 334 g/mol. The first-order valence-electron chi connectivity index (χ1n) is 7.97. The number of likely N-dealkylation sites (N-methyl/N-ethyl adjacent to an activating group) is 1. The second-order valence-corrected chi connectivity index (χ2v) is 6.09. The van der Waals surface area contributed by atoms with Crippen molar-refractivity contribution in [2.24, 2.45) is 0 Å². The summed E-state index contributed by atoms with van der Waals surface area (Å²) in [5.41, 5.74) is 0.881. The van der Waals surface area contributed by atoms with Crippen molar-refractivity contribution in [3.8, 4) is 5.75 Å². The predicted molar refractivity (Wildman–Crippen MR) is 88.1 cm³/mol. The Bertz CT molecular complexity index is 802. The van der Waals surface area contributed by atoms with Crippen molar-refractivity contribution in [2.75, 3.05) is 38.1 Å². The number of pyridine rings is 1. The van der Waals surface area contributed by atoms with E-state index in [-0.39, 0.29) is 10.9 Å². The number of hydrogen-bond donors (Lipinski definition) is 2. The summed E-state index contributed by atoms with van der Waals surface area (Å²) in [6, 6.07) is 2.93. The number of rotatable bonds is 3. The van der Waals surface area contributed by atoms with E-state index in [4.69, 9.17) is 0 Å². The summed E-state index contributed by atoms with van der Waals surface area (Å²) in [7, 11) is 2.03. The van der Waals surface area contributed by atoms with Crippen LogP contribution in [-0.2, 0) is 6.54 Å². The third-order valence-corrected chi connectivity index (χ3v) is 4.58. The minimum absolute atomic E-state index is 0.215. The SMILES string of the molecule is CC[n+]1cc(C(=O)O)c(O)c2cc(F)c(N3CCN(C)CC3)cc21. The van der Waals surface area contributed by atoms with Crippen molar-refractivity contribution in [2.45, 2.75) is 13.5 Å². The maximum absolute atomic E-state index is 14.6. The summed E-state index contributed by atoms with van der Waals surface area (Å²) in [5, 5.41) is 19.7. The summed E-state index contributed by atoms with van der Waals surface area (Å²) in [6.07, 6.45) is 1.39. The molecule has 0 bridgehead atoms. The lowest BCUT2D eigenvalue weighted by Crippen LogP contribution is -2.45. The normalized spacial score (nSPS) is 15.9. The monoisotopic (exact) mass is 334 g/mol. The van der Waals surface area contributed by atoms with E-state index in [1.54, 1.807) is 10.6 Å². The summed E-state index contributed by atoms with van der Waals surface area (Å²) in [6.45, 7) is 5.56. The van der Waals surface area contributed by atoms with Crippen molar-refractivity contribution >= 4 is 22.6 Å². The molecule has 2 aromatic rings. The van der Waals surface area contributed by atoms with Crippen LogP contribution in [0.25, 0.3) is 10.9 Å². The van der Waals surface area contributed by atoms with Crippen molar-refractivity contribution in [1.29, 1.82) is 0 Å². The first-order valence-corrected chi connectivity index (χ1v) is 7.97. The van der Waals surface area contributed by atoms with Gasteiger partial charge in [0.1, 0.15) is 18.1 Å². The number of benzene rings is 1. The van der Waals surface area contributed by atoms with E-state index in [2.05, 4.69) is 4.90 Å². The highest BCUT2D eigenvalue weighted by Gasteiger charge is 2.25. The molecule has 0 aliphatic carbocycles. The van der Waals surface area contributed by atoms with Gasteiger partial charge in [-0.05, 0) is 20.0 Å². The van der Waals surface area contributed by atoms with Gasteiger partial charge in [-0.25, -0.2) is 9.18 Å². The highest BCUT2D eigenvalue weighted by Crippen LogP contribution is 2.32. The number of hydrogen-bond acceptors (Lipinski definition) is 4. The molecule has 24 heavy (non-hydrogen) atoms. The second-order valence-electron chi connectivity index (χ2n) is 6.09. The highest BCUT2D eigenvalue weighted by molar-refractivity contribution is 5.97. The number of halogens is 1. The number of aromatic hydroxyl groups is 1. The van der Waals surface area contributed by atoms with E-state index in [0.29, 0.717) is 17.7 Å². The zero-order valence-corrected chi connectivity index (χ0v) is 13.8. The van der Waals surface area contributed by atoms with Crippen LogP contribution in [0, 0.1) is 5.82 Å². The Kier molecular flexibility index (Phi) is 4.28. The molecule has 1 aromatic heterocycles. The Morgan fingerprint density at radius 3 is 2.54 bits per heavy atom. The van der Waals surface area contributed by atoms with Gasteiger partial charge in [0, 0.05) is 32.2 Å². The fourth-order valence-electron chi connectivity index (χ4n) is 3.12. The van der Waals surface area contributed by atoms with Crippen LogP contribution in [0.15, 0.2) is 18.3 Å². The van der Waals surface area contributed by atoms with Gasteiger partial charge in [0.05, 0.1) is 11.1 Å². The van der Waals surface area contributed by atoms with Crippen LogP contribution < -0.4 is 9.47 Å². The molecular weight excluding hydrogens is 313 g/mol. The van der Waals surface area contributed by atoms with E-state index >= 15 is 0 Å². The molecule has 0 amide bonds. The Morgan fingerprint density at radius 1 is 1.29 bits per heavy atom. The molecule has 1 aromatic carbocycles. The molecule has 0 saturated carbocycles. The van der Waals surface area contributed by atoms with Crippen LogP contribution in [-0.4, -0.2) is 54.3 Å². The quantitative estimate of drug-likeness (QED) is 0.832. The number of aromatic carboxylic acids is 1. The second kappa shape index (κ2) is 6.24. The molecule has 1 saturated heterocycles. The number of fused-ring (bicyclic) bond motifs is 1. The molecule has 2 heterocycles. The number of carboxylic acids is 1. The van der Waals surface area contributed by atoms with E-state index in [1.807, 2.05) is 18.9 Å². The van der Waals surface area contributed by atoms with Gasteiger partial charge in [0.2, 0.25) is 5.52 Å². The summed E-state index contributed by atoms with van der Waals surface area (Å²) < 4.78 is 16.3. The summed E-state index contributed by atoms with van der Waals surface area (Å²) in [5.74, 6) is -2.08. The average Bonchev–Trinajstić information content (AvgIpc) is 2.56. The Hall–Kier alpha value is -2.41. The molecule has 0 atom stereocenters. The first kappa shape index (κ1) is 16.4. The van der Waals surface area contributed by atoms with Gasteiger partial charge in [-0.2, -0.15) is 4.57 Å². The molecule has 1 aliphatic rings. The molecule has 1 aliphatic heterocycles. The molecule has 3 rings (SSSR count). The molecule has 0 spiro atoms. The van der Waals surface area contributed by atoms with Crippen LogP contribution in [0.2, 0.25) is 0 Å². The molecule has 0 radical (unpaired) electrons. The zero-order chi connectivity index (χ0) is 17.4. The van der Waals surface area contributed by atoms with E-state index in [0.717, 1.165) is 26.2 Å². The highest BCUT2D eigenvalue weighted by atomic mass is 19.1. The van der Waals surface area contributed by atoms with E-state index in [9.17, 15) is 19.4 Å². The number of carboxylic acid groups (broad SMARTS) is 1. The lowest BCUT2D eigenvalue weighted by atomic mass is 10.1. The number of piperazine rings is 1. The predicted octanol–water partition coefficient (Wildman–Crippen LogP) is 1.44. The van der Waals surface area contributed by atoms with Crippen molar-refractivity contribution in [1.82, 2.24) is 4.90 Å². The molecule has 0 unspecified atom stereocenters. The third kappa shape index (κ3) is 2.75. The minimum Gasteiger partial charge on any atom is -0.506 e. The lowest BCUT2D eigenvalue weighted by molar-refractivity contribution is -0.667. The molecule has 6 nitrogen and oxygen atoms in total. The molecule has 2 N–H and O–H groups in total. The summed E-state index contributed by atoms with van der Waals surface area (Å²) in [4.78, 5) is 15.5. The van der Waals surface area contributed by atoms with Crippen LogP contribution in [0.1, 0.15) is 17.3 Å². The standard InChI is InChI=1S/C17H20FN3O3/c1-3-20-10-12(17(23)24)16(22)11-8-13(18)15(9-14(11)20)21-6-4-19(2)5-7-21/h8-10H,3-7H2,1-2H3,(H,23,24)/p+1. The number of carbonyl (C=O) groups is 1. The van der Waals surface area contributed by atoms with Crippen LogP contribution in [0.5, 0.6) is 5.75 Å². The molecule has 7 heteroatoms. The van der Waals surface area contributed by atoms with Crippen molar-refractivity contribution < 1.29 is 24.0 Å². The van der Waals surface area contributed by atoms with Crippen molar-refractivity contribution in [3.05, 3.63) is 29.7 Å². The van der Waals surface area contributed by atoms with Gasteiger partial charge in [-0.1, -0.05) is 0 Å². The van der Waals surface area contributed by atoms with Gasteiger partial charge in [-0.3, -0.25) is 0 Å². The Labute approximate surface area is 139 Å². The number of nitrogens with zero attached hydrogens (tertiary/aromatic N) is 3. The minimum atomic E-state index is -1.24. The number of anilines is 1. The number of aryl methyl sites for hydroxylation is 1. The lowest BCUT2D eigenvalue weighted by Gasteiger charge is -2.34. The van der Waals surface area contributed by atoms with E-state index in [1.165, 1.54) is 12.3 Å². The van der Waals surface area contributed by atoms with Crippen LogP contribution >= 0.6 is 0 Å². The van der Waals surface area contributed by atoms with Gasteiger partial charge < -0.3 is 20.0 Å². The van der Waals surface area contributed by atoms with Crippen LogP contribution in [0.3, 0.4) is 0 Å². The van der Waals surface area contributed by atoms with Crippen molar-refractivity contribution in [3.63, 3.8) is 0 Å². The van der Waals surface area contributed by atoms with Gasteiger partial charge in [0.15, 0.2) is 11.8 Å². The topological polar surface area (TPSA) is 67.9 Å². The van der Waals surface area contributed by atoms with Gasteiger partial charge in [-0.15, -0.1) is 0 Å². The fourth-order valence-corrected chi connectivity index (χ4v) is 3.12.